The van der Waals surface area contributed by atoms with Gasteiger partial charge in [-0.25, -0.2) is 29.1 Å². The lowest BCUT2D eigenvalue weighted by molar-refractivity contribution is -0.137. The molecule has 4 heterocycles. The molecule has 4 rings (SSSR count). The topological polar surface area (TPSA) is 202 Å². The molecule has 302 valence electrons. The summed E-state index contributed by atoms with van der Waals surface area (Å²) < 4.78 is 20.1. The van der Waals surface area contributed by atoms with E-state index in [4.69, 9.17) is 14.2 Å². The van der Waals surface area contributed by atoms with Crippen LogP contribution in [0.3, 0.4) is 0 Å². The van der Waals surface area contributed by atoms with E-state index >= 15 is 0 Å². The number of aromatic nitrogens is 2. The Morgan fingerprint density at radius 3 is 1.56 bits per heavy atom. The van der Waals surface area contributed by atoms with E-state index in [1.54, 1.807) is 27.5 Å². The molecule has 0 saturated carbocycles. The first-order valence-electron chi connectivity index (χ1n) is 17.3. The summed E-state index contributed by atoms with van der Waals surface area (Å²) >= 11 is 2.68. The number of amides is 4. The van der Waals surface area contributed by atoms with Crippen molar-refractivity contribution in [2.75, 3.05) is 75.9 Å². The Bertz CT molecular complexity index is 1730. The highest BCUT2D eigenvalue weighted by Crippen LogP contribution is 2.24. The summed E-state index contributed by atoms with van der Waals surface area (Å²) in [5.74, 6) is -2.64. The molecule has 0 aliphatic carbocycles. The molecule has 2 saturated heterocycles. The molecule has 0 atom stereocenters. The highest BCUT2D eigenvalue weighted by atomic mass is 32.1. The van der Waals surface area contributed by atoms with Crippen LogP contribution in [0.1, 0.15) is 69.4 Å². The maximum absolute atomic E-state index is 12.4. The van der Waals surface area contributed by atoms with Crippen LogP contribution in [0.2, 0.25) is 0 Å². The van der Waals surface area contributed by atoms with E-state index in [9.17, 15) is 28.8 Å². The number of rotatable bonds is 9. The third kappa shape index (κ3) is 13.8. The van der Waals surface area contributed by atoms with E-state index in [1.165, 1.54) is 22.7 Å². The average molecular weight is 807 g/mol. The summed E-state index contributed by atoms with van der Waals surface area (Å²) in [6, 6.07) is 0. The van der Waals surface area contributed by atoms with Crippen LogP contribution in [0.4, 0.5) is 19.9 Å². The number of ether oxygens (including phenoxy) is 4. The number of anilines is 2. The van der Waals surface area contributed by atoms with E-state index in [0.717, 1.165) is 12.2 Å². The number of hydrogen-bond donors (Lipinski definition) is 2. The predicted octanol–water partition coefficient (Wildman–Crippen LogP) is 3.62. The largest absolute Gasteiger partial charge is 0.464 e. The first-order chi connectivity index (χ1) is 25.7. The van der Waals surface area contributed by atoms with Gasteiger partial charge in [0.1, 0.15) is 22.6 Å². The second kappa shape index (κ2) is 19.4. The summed E-state index contributed by atoms with van der Waals surface area (Å²) in [7, 11) is 1.15. The minimum absolute atomic E-state index is 0.111. The summed E-state index contributed by atoms with van der Waals surface area (Å²) in [6.45, 7) is 24.4. The van der Waals surface area contributed by atoms with Gasteiger partial charge in [-0.1, -0.05) is 13.2 Å². The number of esters is 2. The summed E-state index contributed by atoms with van der Waals surface area (Å²) in [5, 5.41) is 9.17. The van der Waals surface area contributed by atoms with Crippen LogP contribution in [-0.2, 0) is 28.5 Å². The Balaban J connectivity index is 0.000000311. The van der Waals surface area contributed by atoms with Crippen LogP contribution in [0.5, 0.6) is 0 Å². The van der Waals surface area contributed by atoms with Crippen molar-refractivity contribution < 1.29 is 47.7 Å². The van der Waals surface area contributed by atoms with E-state index in [2.05, 4.69) is 43.4 Å². The molecule has 2 aromatic rings. The molecule has 4 amide bonds. The van der Waals surface area contributed by atoms with Gasteiger partial charge in [-0.2, -0.15) is 0 Å². The molecule has 2 aromatic heterocycles. The molecule has 18 nitrogen and oxygen atoms in total. The summed E-state index contributed by atoms with van der Waals surface area (Å²) in [6.07, 6.45) is -0.647. The van der Waals surface area contributed by atoms with Gasteiger partial charge in [-0.15, -0.1) is 22.7 Å². The first kappa shape index (κ1) is 44.2. The van der Waals surface area contributed by atoms with Crippen LogP contribution in [-0.4, -0.2) is 133 Å². The lowest BCUT2D eigenvalue weighted by atomic mass is 10.2. The number of hydrogen-bond acceptors (Lipinski definition) is 16. The number of nitrogens with zero attached hydrogens (tertiary/aromatic N) is 6. The predicted molar refractivity (Wildman–Crippen MR) is 206 cm³/mol. The number of carbonyl (C=O) groups is 6. The zero-order chi connectivity index (χ0) is 41.1. The Hall–Kier alpha value is -5.24. The van der Waals surface area contributed by atoms with Crippen molar-refractivity contribution in [3.05, 3.63) is 46.7 Å². The van der Waals surface area contributed by atoms with Crippen molar-refractivity contribution in [3.63, 3.8) is 0 Å². The second-order valence-corrected chi connectivity index (χ2v) is 15.7. The molecule has 2 aliphatic rings. The van der Waals surface area contributed by atoms with Crippen molar-refractivity contribution >= 4 is 68.9 Å². The van der Waals surface area contributed by atoms with Crippen LogP contribution in [0, 0.1) is 0 Å². The second-order valence-electron chi connectivity index (χ2n) is 14.0. The smallest absolute Gasteiger partial charge is 0.410 e. The standard InChI is InChI=1S/C20H27N5O6S.C15H23N3O4S/c1-12(15(26)22-13(2)17(28)30-6)21-16(27)14-11-32-18(23-14)24-7-9-25(10-8-24)19(29)31-20(3,4)5;1-5-21-12(19)11-10-23-13(16-11)17-6-8-18(9-7-17)14(20)22-15(2,3)4/h11H,1-2,7-10H2,3-6H3,(H,21,27)(H,22,26);10H,5-9H2,1-4H3. The van der Waals surface area contributed by atoms with Crippen molar-refractivity contribution in [1.29, 1.82) is 0 Å². The zero-order valence-electron chi connectivity index (χ0n) is 32.5. The number of thiazole rings is 2. The molecular formula is C35H50N8O10S2. The molecule has 0 radical (unpaired) electrons. The van der Waals surface area contributed by atoms with Crippen molar-refractivity contribution in [3.8, 4) is 0 Å². The Labute approximate surface area is 328 Å². The van der Waals surface area contributed by atoms with Crippen LogP contribution >= 0.6 is 22.7 Å². The highest BCUT2D eigenvalue weighted by molar-refractivity contribution is 7.14. The lowest BCUT2D eigenvalue weighted by Gasteiger charge is -2.35. The van der Waals surface area contributed by atoms with Crippen LogP contribution in [0.15, 0.2) is 35.3 Å². The van der Waals surface area contributed by atoms with E-state index < -0.39 is 35.0 Å². The fourth-order valence-electron chi connectivity index (χ4n) is 4.68. The maximum atomic E-state index is 12.4. The third-order valence-electron chi connectivity index (χ3n) is 7.34. The molecule has 0 aromatic carbocycles. The first-order valence-corrected chi connectivity index (χ1v) is 19.1. The van der Waals surface area contributed by atoms with Gasteiger partial charge in [0.15, 0.2) is 16.0 Å². The monoisotopic (exact) mass is 806 g/mol. The van der Waals surface area contributed by atoms with Crippen LogP contribution in [0.25, 0.3) is 0 Å². The van der Waals surface area contributed by atoms with Crippen molar-refractivity contribution in [2.24, 2.45) is 0 Å². The van der Waals surface area contributed by atoms with E-state index in [-0.39, 0.29) is 29.3 Å². The summed E-state index contributed by atoms with van der Waals surface area (Å²) in [4.78, 5) is 87.5. The van der Waals surface area contributed by atoms with Gasteiger partial charge in [0.05, 0.1) is 19.4 Å². The fraction of sp³-hybridized carbons (Fsp3) is 0.543. The van der Waals surface area contributed by atoms with Gasteiger partial charge in [0.2, 0.25) is 0 Å². The fourth-order valence-corrected chi connectivity index (χ4v) is 6.39. The van der Waals surface area contributed by atoms with Gasteiger partial charge in [0.25, 0.3) is 11.8 Å². The molecular weight excluding hydrogens is 757 g/mol. The number of piperazine rings is 2. The number of carbonyl (C=O) groups excluding carboxylic acids is 6. The number of nitrogens with one attached hydrogen (secondary N) is 2. The quantitative estimate of drug-likeness (QED) is 0.211. The van der Waals surface area contributed by atoms with Gasteiger partial charge in [0, 0.05) is 63.1 Å². The average Bonchev–Trinajstić information content (AvgIpc) is 3.82. The maximum Gasteiger partial charge on any atom is 0.410 e. The van der Waals surface area contributed by atoms with Gasteiger partial charge < -0.3 is 49.2 Å². The molecule has 20 heteroatoms. The highest BCUT2D eigenvalue weighted by Gasteiger charge is 2.29. The SMILES string of the molecule is C=C(NC(=O)c1csc(N2CCN(C(=O)OC(C)(C)C)CC2)n1)C(=O)NC(=C)C(=O)OC.CCOC(=O)c1csc(N2CCN(C(=O)OC(C)(C)C)CC2)n1. The van der Waals surface area contributed by atoms with Gasteiger partial charge in [-0.3, -0.25) is 9.59 Å². The minimum atomic E-state index is -0.812. The molecule has 2 aliphatic heterocycles. The summed E-state index contributed by atoms with van der Waals surface area (Å²) in [5.41, 5.74) is -1.16. The molecule has 55 heavy (non-hydrogen) atoms. The molecule has 2 fully saturated rings. The number of methoxy groups -OCH3 is 1. The van der Waals surface area contributed by atoms with Gasteiger partial charge in [-0.05, 0) is 48.5 Å². The Morgan fingerprint density at radius 1 is 0.709 bits per heavy atom. The molecule has 0 unspecified atom stereocenters. The van der Waals surface area contributed by atoms with Crippen LogP contribution < -0.4 is 20.4 Å². The molecule has 0 bridgehead atoms. The Kier molecular flexibility index (Phi) is 15.6. The Morgan fingerprint density at radius 2 is 1.15 bits per heavy atom. The van der Waals surface area contributed by atoms with E-state index in [1.807, 2.05) is 46.4 Å². The molecule has 2 N–H and O–H groups in total. The van der Waals surface area contributed by atoms with Gasteiger partial charge >= 0.3 is 24.1 Å². The van der Waals surface area contributed by atoms with Crippen molar-refractivity contribution in [2.45, 2.75) is 59.7 Å². The zero-order valence-corrected chi connectivity index (χ0v) is 34.1. The van der Waals surface area contributed by atoms with E-state index in [0.29, 0.717) is 69.8 Å². The lowest BCUT2D eigenvalue weighted by Crippen LogP contribution is -2.50. The molecule has 0 spiro atoms. The third-order valence-corrected chi connectivity index (χ3v) is 9.14. The normalized spacial score (nSPS) is 14.5. The minimum Gasteiger partial charge on any atom is -0.464 e. The van der Waals surface area contributed by atoms with Crippen molar-refractivity contribution in [1.82, 2.24) is 30.4 Å².